The van der Waals surface area contributed by atoms with E-state index in [9.17, 15) is 0 Å². The van der Waals surface area contributed by atoms with E-state index in [1.54, 1.807) is 18.0 Å². The Kier molecular flexibility index (Phi) is 4.91. The van der Waals surface area contributed by atoms with Gasteiger partial charge in [0.2, 0.25) is 0 Å². The number of furan rings is 1. The molecule has 0 saturated carbocycles. The van der Waals surface area contributed by atoms with Crippen LogP contribution < -0.4 is 5.32 Å². The molecule has 3 nitrogen and oxygen atoms in total. The van der Waals surface area contributed by atoms with Gasteiger partial charge in [0, 0.05) is 5.25 Å². The van der Waals surface area contributed by atoms with E-state index in [0.29, 0.717) is 5.25 Å². The Morgan fingerprint density at radius 2 is 2.44 bits per heavy atom. The molecule has 0 saturated heterocycles. The lowest BCUT2D eigenvalue weighted by molar-refractivity contribution is 0.455. The molecule has 16 heavy (non-hydrogen) atoms. The lowest BCUT2D eigenvalue weighted by atomic mass is 9.98. The van der Waals surface area contributed by atoms with Gasteiger partial charge in [-0.3, -0.25) is 0 Å². The highest BCUT2D eigenvalue weighted by atomic mass is 32.2. The van der Waals surface area contributed by atoms with E-state index in [1.807, 2.05) is 26.1 Å². The second kappa shape index (κ2) is 5.97. The summed E-state index contributed by atoms with van der Waals surface area (Å²) in [6, 6.07) is 6.17. The van der Waals surface area contributed by atoms with Gasteiger partial charge in [0.15, 0.2) is 0 Å². The molecule has 1 heterocycles. The first-order chi connectivity index (χ1) is 7.59. The summed E-state index contributed by atoms with van der Waals surface area (Å²) < 4.78 is 5.27. The van der Waals surface area contributed by atoms with Gasteiger partial charge in [-0.2, -0.15) is 17.0 Å². The van der Waals surface area contributed by atoms with Crippen LogP contribution in [0.4, 0.5) is 0 Å². The van der Waals surface area contributed by atoms with Gasteiger partial charge in [-0.25, -0.2) is 0 Å². The molecule has 0 amide bonds. The van der Waals surface area contributed by atoms with Gasteiger partial charge in [0.1, 0.15) is 11.3 Å². The van der Waals surface area contributed by atoms with Gasteiger partial charge in [-0.05, 0) is 32.5 Å². The van der Waals surface area contributed by atoms with E-state index < -0.39 is 5.54 Å². The molecule has 2 atom stereocenters. The molecule has 0 aliphatic carbocycles. The Bertz CT molecular complexity index is 344. The zero-order valence-corrected chi connectivity index (χ0v) is 10.8. The predicted octanol–water partition coefficient (Wildman–Crippen LogP) is 2.79. The average molecular weight is 238 g/mol. The SMILES string of the molecule is CNC(C)(C#N)CC(C)SCc1ccco1. The first kappa shape index (κ1) is 13.1. The minimum atomic E-state index is -0.435. The van der Waals surface area contributed by atoms with Crippen LogP contribution in [0.3, 0.4) is 0 Å². The molecule has 1 N–H and O–H groups in total. The first-order valence-electron chi connectivity index (χ1n) is 5.34. The molecule has 1 aromatic heterocycles. The number of thioether (sulfide) groups is 1. The fraction of sp³-hybridized carbons (Fsp3) is 0.583. The van der Waals surface area contributed by atoms with Crippen LogP contribution in [-0.2, 0) is 5.75 Å². The molecule has 0 fully saturated rings. The van der Waals surface area contributed by atoms with Crippen LogP contribution in [0.5, 0.6) is 0 Å². The van der Waals surface area contributed by atoms with E-state index >= 15 is 0 Å². The maximum Gasteiger partial charge on any atom is 0.113 e. The zero-order chi connectivity index (χ0) is 12.0. The Morgan fingerprint density at radius 1 is 1.69 bits per heavy atom. The smallest absolute Gasteiger partial charge is 0.113 e. The van der Waals surface area contributed by atoms with Crippen molar-refractivity contribution in [2.75, 3.05) is 7.05 Å². The summed E-state index contributed by atoms with van der Waals surface area (Å²) in [5, 5.41) is 12.5. The second-order valence-corrected chi connectivity index (χ2v) is 5.53. The number of nitrogens with one attached hydrogen (secondary N) is 1. The van der Waals surface area contributed by atoms with Crippen molar-refractivity contribution in [1.29, 1.82) is 5.26 Å². The molecule has 0 spiro atoms. The third kappa shape index (κ3) is 3.92. The van der Waals surface area contributed by atoms with Gasteiger partial charge in [-0.1, -0.05) is 6.92 Å². The molecule has 4 heteroatoms. The quantitative estimate of drug-likeness (QED) is 0.828. The van der Waals surface area contributed by atoms with Gasteiger partial charge >= 0.3 is 0 Å². The van der Waals surface area contributed by atoms with E-state index in [0.717, 1.165) is 17.9 Å². The lowest BCUT2D eigenvalue weighted by Gasteiger charge is -2.24. The monoisotopic (exact) mass is 238 g/mol. The van der Waals surface area contributed by atoms with Gasteiger partial charge in [-0.15, -0.1) is 0 Å². The van der Waals surface area contributed by atoms with Crippen molar-refractivity contribution in [3.8, 4) is 6.07 Å². The van der Waals surface area contributed by atoms with Crippen molar-refractivity contribution in [2.24, 2.45) is 0 Å². The van der Waals surface area contributed by atoms with Crippen LogP contribution in [0.15, 0.2) is 22.8 Å². The number of hydrogen-bond donors (Lipinski definition) is 1. The van der Waals surface area contributed by atoms with E-state index in [1.165, 1.54) is 0 Å². The lowest BCUT2D eigenvalue weighted by Crippen LogP contribution is -2.40. The summed E-state index contributed by atoms with van der Waals surface area (Å²) in [6.45, 7) is 4.07. The molecule has 88 valence electrons. The van der Waals surface area contributed by atoms with Crippen LogP contribution >= 0.6 is 11.8 Å². The minimum absolute atomic E-state index is 0.419. The van der Waals surface area contributed by atoms with Crippen molar-refractivity contribution in [1.82, 2.24) is 5.32 Å². The summed E-state index contributed by atoms with van der Waals surface area (Å²) in [5.41, 5.74) is -0.435. The fourth-order valence-electron chi connectivity index (χ4n) is 1.46. The Morgan fingerprint density at radius 3 is 2.94 bits per heavy atom. The number of hydrogen-bond acceptors (Lipinski definition) is 4. The van der Waals surface area contributed by atoms with Crippen LogP contribution in [0, 0.1) is 11.3 Å². The van der Waals surface area contributed by atoms with E-state index in [4.69, 9.17) is 9.68 Å². The molecule has 0 aliphatic rings. The zero-order valence-electron chi connectivity index (χ0n) is 9.99. The van der Waals surface area contributed by atoms with Crippen LogP contribution in [0.1, 0.15) is 26.0 Å². The van der Waals surface area contributed by atoms with Crippen molar-refractivity contribution >= 4 is 11.8 Å². The van der Waals surface area contributed by atoms with Crippen molar-refractivity contribution in [3.05, 3.63) is 24.2 Å². The molecular weight excluding hydrogens is 220 g/mol. The van der Waals surface area contributed by atoms with Crippen LogP contribution in [0.25, 0.3) is 0 Å². The molecule has 2 unspecified atom stereocenters. The summed E-state index contributed by atoms with van der Waals surface area (Å²) in [5.74, 6) is 1.85. The molecule has 0 aromatic carbocycles. The third-order valence-corrected chi connectivity index (χ3v) is 3.77. The van der Waals surface area contributed by atoms with Crippen molar-refractivity contribution in [3.63, 3.8) is 0 Å². The first-order valence-corrected chi connectivity index (χ1v) is 6.38. The molecule has 1 rings (SSSR count). The fourth-order valence-corrected chi connectivity index (χ4v) is 2.52. The topological polar surface area (TPSA) is 49.0 Å². The summed E-state index contributed by atoms with van der Waals surface area (Å²) >= 11 is 1.81. The molecule has 0 aliphatic heterocycles. The Labute approximate surface area is 101 Å². The third-order valence-electron chi connectivity index (χ3n) is 2.58. The summed E-state index contributed by atoms with van der Waals surface area (Å²) in [4.78, 5) is 0. The van der Waals surface area contributed by atoms with Crippen molar-refractivity contribution in [2.45, 2.75) is 36.8 Å². The molecule has 0 radical (unpaired) electrons. The Balaban J connectivity index is 2.36. The average Bonchev–Trinajstić information content (AvgIpc) is 2.79. The van der Waals surface area contributed by atoms with E-state index in [-0.39, 0.29) is 0 Å². The van der Waals surface area contributed by atoms with Crippen molar-refractivity contribution < 1.29 is 4.42 Å². The predicted molar refractivity (Wildman–Crippen MR) is 67.2 cm³/mol. The van der Waals surface area contributed by atoms with Crippen LogP contribution in [-0.4, -0.2) is 17.8 Å². The number of nitriles is 1. The van der Waals surface area contributed by atoms with Gasteiger partial charge < -0.3 is 9.73 Å². The van der Waals surface area contributed by atoms with E-state index in [2.05, 4.69) is 18.3 Å². The molecule has 1 aromatic rings. The summed E-state index contributed by atoms with van der Waals surface area (Å²) in [6.07, 6.45) is 2.51. The highest BCUT2D eigenvalue weighted by Crippen LogP contribution is 2.24. The maximum atomic E-state index is 9.05. The number of rotatable bonds is 6. The normalized spacial score (nSPS) is 16.4. The number of nitrogens with zero attached hydrogens (tertiary/aromatic N) is 1. The Hall–Kier alpha value is -0.920. The molecular formula is C12H18N2OS. The summed E-state index contributed by atoms with van der Waals surface area (Å²) in [7, 11) is 1.83. The van der Waals surface area contributed by atoms with Gasteiger partial charge in [0.05, 0.1) is 18.1 Å². The highest BCUT2D eigenvalue weighted by molar-refractivity contribution is 7.99. The minimum Gasteiger partial charge on any atom is -0.468 e. The second-order valence-electron chi connectivity index (χ2n) is 4.10. The standard InChI is InChI=1S/C12H18N2OS/c1-10(7-12(2,9-13)14-3)16-8-11-5-4-6-15-11/h4-6,10,14H,7-8H2,1-3H3. The molecule has 0 bridgehead atoms. The largest absolute Gasteiger partial charge is 0.468 e. The van der Waals surface area contributed by atoms with Crippen LogP contribution in [0.2, 0.25) is 0 Å². The van der Waals surface area contributed by atoms with Gasteiger partial charge in [0.25, 0.3) is 0 Å². The maximum absolute atomic E-state index is 9.05. The highest BCUT2D eigenvalue weighted by Gasteiger charge is 2.24.